The number of nitrogens with one attached hydrogen (secondary N) is 1. The zero-order valence-corrected chi connectivity index (χ0v) is 15.9. The van der Waals surface area contributed by atoms with Crippen molar-refractivity contribution in [2.75, 3.05) is 18.5 Å². The monoisotopic (exact) mass is 341 g/mol. The zero-order chi connectivity index (χ0) is 18.1. The van der Waals surface area contributed by atoms with Crippen LogP contribution in [-0.4, -0.2) is 19.3 Å². The molecule has 0 fully saturated rings. The van der Waals surface area contributed by atoms with E-state index in [1.165, 1.54) is 5.56 Å². The first-order valence-electron chi connectivity index (χ1n) is 9.40. The molecular weight excluding hydrogens is 310 g/mol. The fourth-order valence-corrected chi connectivity index (χ4v) is 2.73. The highest BCUT2D eigenvalue weighted by Gasteiger charge is 2.14. The Bertz CT molecular complexity index is 624. The number of hydrogen-bond acceptors (Lipinski definition) is 3. The molecule has 2 unspecified atom stereocenters. The van der Waals surface area contributed by atoms with E-state index in [9.17, 15) is 0 Å². The maximum Gasteiger partial charge on any atom is 0.123 e. The summed E-state index contributed by atoms with van der Waals surface area (Å²) < 4.78 is 11.8. The van der Waals surface area contributed by atoms with Gasteiger partial charge in [-0.2, -0.15) is 0 Å². The van der Waals surface area contributed by atoms with Gasteiger partial charge in [0, 0.05) is 5.69 Å². The van der Waals surface area contributed by atoms with E-state index in [1.54, 1.807) is 0 Å². The largest absolute Gasteiger partial charge is 0.494 e. The third kappa shape index (κ3) is 5.70. The van der Waals surface area contributed by atoms with Crippen molar-refractivity contribution in [3.63, 3.8) is 0 Å². The second kappa shape index (κ2) is 9.97. The summed E-state index contributed by atoms with van der Waals surface area (Å²) in [5, 5.41) is 3.47. The van der Waals surface area contributed by atoms with E-state index in [0.717, 1.165) is 36.6 Å². The average Bonchev–Trinajstić information content (AvgIpc) is 2.66. The van der Waals surface area contributed by atoms with Gasteiger partial charge in [-0.1, -0.05) is 39.0 Å². The Hall–Kier alpha value is -2.16. The van der Waals surface area contributed by atoms with Gasteiger partial charge in [0.05, 0.1) is 13.2 Å². The molecule has 2 atom stereocenters. The first kappa shape index (κ1) is 19.2. The summed E-state index contributed by atoms with van der Waals surface area (Å²) in [6.07, 6.45) is 2.21. The van der Waals surface area contributed by atoms with Crippen LogP contribution >= 0.6 is 0 Å². The van der Waals surface area contributed by atoms with Gasteiger partial charge >= 0.3 is 0 Å². The molecule has 3 nitrogen and oxygen atoms in total. The highest BCUT2D eigenvalue weighted by atomic mass is 16.5. The van der Waals surface area contributed by atoms with Gasteiger partial charge in [0.25, 0.3) is 0 Å². The van der Waals surface area contributed by atoms with E-state index in [-0.39, 0.29) is 6.10 Å². The molecule has 0 aliphatic carbocycles. The van der Waals surface area contributed by atoms with Gasteiger partial charge in [-0.25, -0.2) is 0 Å². The summed E-state index contributed by atoms with van der Waals surface area (Å²) in [6, 6.07) is 16.5. The maximum atomic E-state index is 6.31. The first-order valence-corrected chi connectivity index (χ1v) is 9.40. The molecule has 0 aromatic heterocycles. The third-order valence-electron chi connectivity index (χ3n) is 4.51. The number of benzene rings is 2. The van der Waals surface area contributed by atoms with Crippen LogP contribution < -0.4 is 14.8 Å². The summed E-state index contributed by atoms with van der Waals surface area (Å²) in [5.74, 6) is 2.42. The van der Waals surface area contributed by atoms with Crippen LogP contribution in [0.1, 0.15) is 52.0 Å². The van der Waals surface area contributed by atoms with Gasteiger partial charge < -0.3 is 14.8 Å². The van der Waals surface area contributed by atoms with Crippen molar-refractivity contribution in [2.24, 2.45) is 0 Å². The number of rotatable bonds is 10. The molecular formula is C22H31NO2. The Morgan fingerprint density at radius 1 is 0.920 bits per heavy atom. The Balaban J connectivity index is 1.96. The highest BCUT2D eigenvalue weighted by Crippen LogP contribution is 2.29. The van der Waals surface area contributed by atoms with E-state index >= 15 is 0 Å². The van der Waals surface area contributed by atoms with E-state index < -0.39 is 0 Å². The summed E-state index contributed by atoms with van der Waals surface area (Å²) in [6.45, 7) is 10.1. The van der Waals surface area contributed by atoms with Gasteiger partial charge in [0.15, 0.2) is 0 Å². The molecule has 3 heteroatoms. The van der Waals surface area contributed by atoms with Crippen molar-refractivity contribution < 1.29 is 9.47 Å². The van der Waals surface area contributed by atoms with Crippen LogP contribution in [0.15, 0.2) is 48.5 Å². The Labute approximate surface area is 152 Å². The third-order valence-corrected chi connectivity index (χ3v) is 4.51. The molecule has 0 saturated carbocycles. The number of para-hydroxylation sites is 1. The summed E-state index contributed by atoms with van der Waals surface area (Å²) in [7, 11) is 0. The lowest BCUT2D eigenvalue weighted by atomic mass is 9.98. The van der Waals surface area contributed by atoms with Crippen molar-refractivity contribution in [3.05, 3.63) is 54.1 Å². The average molecular weight is 341 g/mol. The predicted molar refractivity (Wildman–Crippen MR) is 106 cm³/mol. The molecule has 2 aromatic rings. The Morgan fingerprint density at radius 3 is 2.28 bits per heavy atom. The van der Waals surface area contributed by atoms with Gasteiger partial charge in [0.2, 0.25) is 0 Å². The lowest BCUT2D eigenvalue weighted by Gasteiger charge is -2.22. The lowest BCUT2D eigenvalue weighted by molar-refractivity contribution is 0.207. The molecule has 0 amide bonds. The topological polar surface area (TPSA) is 30.5 Å². The lowest BCUT2D eigenvalue weighted by Crippen LogP contribution is -2.26. The second-order valence-corrected chi connectivity index (χ2v) is 6.33. The number of hydrogen-bond donors (Lipinski definition) is 1. The van der Waals surface area contributed by atoms with Crippen LogP contribution in [0.3, 0.4) is 0 Å². The van der Waals surface area contributed by atoms with E-state index in [1.807, 2.05) is 37.3 Å². The summed E-state index contributed by atoms with van der Waals surface area (Å²) >= 11 is 0. The highest BCUT2D eigenvalue weighted by molar-refractivity contribution is 5.46. The normalized spacial score (nSPS) is 13.1. The minimum atomic E-state index is 0.136. The standard InChI is InChI=1S/C22H31NO2/c1-5-17(4)21-10-8-9-11-22(21)25-19(6-2)16-23-18-12-14-20(15-13-18)24-7-3/h8-15,17,19,23H,5-7,16H2,1-4H3. The number of anilines is 1. The van der Waals surface area contributed by atoms with Gasteiger partial charge in [0.1, 0.15) is 17.6 Å². The molecule has 0 radical (unpaired) electrons. The van der Waals surface area contributed by atoms with E-state index in [4.69, 9.17) is 9.47 Å². The molecule has 0 bridgehead atoms. The smallest absolute Gasteiger partial charge is 0.123 e. The maximum absolute atomic E-state index is 6.31. The second-order valence-electron chi connectivity index (χ2n) is 6.33. The molecule has 0 heterocycles. The summed E-state index contributed by atoms with van der Waals surface area (Å²) in [5.41, 5.74) is 2.38. The zero-order valence-electron chi connectivity index (χ0n) is 15.9. The van der Waals surface area contributed by atoms with Crippen molar-refractivity contribution >= 4 is 5.69 Å². The molecule has 0 aliphatic rings. The van der Waals surface area contributed by atoms with E-state index in [2.05, 4.69) is 44.3 Å². The molecule has 2 rings (SSSR count). The van der Waals surface area contributed by atoms with Crippen LogP contribution in [0.5, 0.6) is 11.5 Å². The Kier molecular flexibility index (Phi) is 7.65. The molecule has 0 spiro atoms. The summed E-state index contributed by atoms with van der Waals surface area (Å²) in [4.78, 5) is 0. The van der Waals surface area contributed by atoms with Gasteiger partial charge in [-0.05, 0) is 61.6 Å². The number of ether oxygens (including phenoxy) is 2. The van der Waals surface area contributed by atoms with Crippen molar-refractivity contribution in [2.45, 2.75) is 52.6 Å². The van der Waals surface area contributed by atoms with Crippen LogP contribution in [-0.2, 0) is 0 Å². The molecule has 1 N–H and O–H groups in total. The first-order chi connectivity index (χ1) is 12.2. The minimum absolute atomic E-state index is 0.136. The minimum Gasteiger partial charge on any atom is -0.494 e. The van der Waals surface area contributed by atoms with Crippen LogP contribution in [0, 0.1) is 0 Å². The van der Waals surface area contributed by atoms with Crippen molar-refractivity contribution in [1.82, 2.24) is 0 Å². The molecule has 25 heavy (non-hydrogen) atoms. The fourth-order valence-electron chi connectivity index (χ4n) is 2.73. The molecule has 136 valence electrons. The van der Waals surface area contributed by atoms with E-state index in [0.29, 0.717) is 12.5 Å². The van der Waals surface area contributed by atoms with Gasteiger partial charge in [-0.15, -0.1) is 0 Å². The van der Waals surface area contributed by atoms with Crippen molar-refractivity contribution in [1.29, 1.82) is 0 Å². The van der Waals surface area contributed by atoms with Crippen molar-refractivity contribution in [3.8, 4) is 11.5 Å². The van der Waals surface area contributed by atoms with Crippen LogP contribution in [0.4, 0.5) is 5.69 Å². The fraction of sp³-hybridized carbons (Fsp3) is 0.455. The molecule has 2 aromatic carbocycles. The van der Waals surface area contributed by atoms with Crippen LogP contribution in [0.2, 0.25) is 0 Å². The molecule has 0 aliphatic heterocycles. The van der Waals surface area contributed by atoms with Crippen LogP contribution in [0.25, 0.3) is 0 Å². The SMILES string of the molecule is CCOc1ccc(NCC(CC)Oc2ccccc2C(C)CC)cc1. The molecule has 0 saturated heterocycles. The predicted octanol–water partition coefficient (Wildman–Crippen LogP) is 5.87. The Morgan fingerprint density at radius 2 is 1.64 bits per heavy atom. The van der Waals surface area contributed by atoms with Gasteiger partial charge in [-0.3, -0.25) is 0 Å². The quantitative estimate of drug-likeness (QED) is 0.586.